The molecule has 0 aliphatic heterocycles. The van der Waals surface area contributed by atoms with Crippen molar-refractivity contribution in [3.05, 3.63) is 34.9 Å². The second-order valence-electron chi connectivity index (χ2n) is 4.89. The maximum atomic E-state index is 10.0. The summed E-state index contributed by atoms with van der Waals surface area (Å²) in [5, 5.41) is 10.0. The number of aliphatic hydroxyl groups excluding tert-OH is 1. The molecule has 0 saturated heterocycles. The Morgan fingerprint density at radius 3 is 2.67 bits per heavy atom. The van der Waals surface area contributed by atoms with Crippen molar-refractivity contribution in [3.8, 4) is 0 Å². The lowest BCUT2D eigenvalue weighted by Gasteiger charge is -2.30. The smallest absolute Gasteiger partial charge is 0.0608 e. The fourth-order valence-corrected chi connectivity index (χ4v) is 2.24. The molecule has 1 heteroatoms. The topological polar surface area (TPSA) is 20.2 Å². The summed E-state index contributed by atoms with van der Waals surface area (Å²) in [7, 11) is 0. The van der Waals surface area contributed by atoms with Crippen LogP contribution >= 0.6 is 0 Å². The van der Waals surface area contributed by atoms with E-state index < -0.39 is 0 Å². The Balaban J connectivity index is 2.05. The minimum atomic E-state index is -0.126. The van der Waals surface area contributed by atoms with E-state index in [1.54, 1.807) is 0 Å². The summed E-state index contributed by atoms with van der Waals surface area (Å²) in [4.78, 5) is 0. The average molecular weight is 204 g/mol. The Labute approximate surface area is 92.1 Å². The van der Waals surface area contributed by atoms with Crippen LogP contribution in [0.3, 0.4) is 0 Å². The van der Waals surface area contributed by atoms with E-state index in [0.29, 0.717) is 5.92 Å². The standard InChI is InChI=1S/C14H20O/c1-10-6-7-11(2)13(8-10)9-14(15)12-4-3-5-12/h6-8,12,14-15H,3-5,9H2,1-2H3. The lowest BCUT2D eigenvalue weighted by atomic mass is 9.79. The van der Waals surface area contributed by atoms with Crippen LogP contribution in [-0.4, -0.2) is 11.2 Å². The van der Waals surface area contributed by atoms with Crippen molar-refractivity contribution in [2.24, 2.45) is 5.92 Å². The van der Waals surface area contributed by atoms with Gasteiger partial charge in [0.25, 0.3) is 0 Å². The van der Waals surface area contributed by atoms with Crippen LogP contribution < -0.4 is 0 Å². The summed E-state index contributed by atoms with van der Waals surface area (Å²) in [6.07, 6.45) is 4.43. The summed E-state index contributed by atoms with van der Waals surface area (Å²) in [6, 6.07) is 6.49. The van der Waals surface area contributed by atoms with Gasteiger partial charge < -0.3 is 5.11 Å². The first-order chi connectivity index (χ1) is 7.16. The van der Waals surface area contributed by atoms with Gasteiger partial charge in [-0.15, -0.1) is 0 Å². The number of hydrogen-bond donors (Lipinski definition) is 1. The highest BCUT2D eigenvalue weighted by Gasteiger charge is 2.25. The van der Waals surface area contributed by atoms with E-state index in [4.69, 9.17) is 0 Å². The Kier molecular flexibility index (Phi) is 3.11. The van der Waals surface area contributed by atoms with Crippen LogP contribution in [0.2, 0.25) is 0 Å². The predicted molar refractivity (Wildman–Crippen MR) is 63.0 cm³/mol. The summed E-state index contributed by atoms with van der Waals surface area (Å²) < 4.78 is 0. The van der Waals surface area contributed by atoms with E-state index in [9.17, 15) is 5.11 Å². The van der Waals surface area contributed by atoms with Gasteiger partial charge in [0, 0.05) is 0 Å². The van der Waals surface area contributed by atoms with Crippen molar-refractivity contribution in [1.82, 2.24) is 0 Å². The van der Waals surface area contributed by atoms with Gasteiger partial charge in [0.15, 0.2) is 0 Å². The molecular formula is C14H20O. The summed E-state index contributed by atoms with van der Waals surface area (Å²) in [5.74, 6) is 0.560. The monoisotopic (exact) mass is 204 g/mol. The molecule has 1 N–H and O–H groups in total. The molecule has 0 radical (unpaired) electrons. The average Bonchev–Trinajstić information content (AvgIpc) is 2.08. The lowest BCUT2D eigenvalue weighted by molar-refractivity contribution is 0.0629. The zero-order valence-corrected chi connectivity index (χ0v) is 9.66. The van der Waals surface area contributed by atoms with Gasteiger partial charge in [-0.05, 0) is 50.2 Å². The van der Waals surface area contributed by atoms with Crippen LogP contribution in [-0.2, 0) is 6.42 Å². The first-order valence-electron chi connectivity index (χ1n) is 5.91. The lowest BCUT2D eigenvalue weighted by Crippen LogP contribution is -2.28. The Morgan fingerprint density at radius 1 is 1.33 bits per heavy atom. The highest BCUT2D eigenvalue weighted by Crippen LogP contribution is 2.31. The first kappa shape index (κ1) is 10.7. The van der Waals surface area contributed by atoms with E-state index in [2.05, 4.69) is 32.0 Å². The molecule has 1 aromatic rings. The van der Waals surface area contributed by atoms with Crippen LogP contribution in [0, 0.1) is 19.8 Å². The molecule has 0 spiro atoms. The minimum absolute atomic E-state index is 0.126. The molecule has 2 rings (SSSR count). The maximum absolute atomic E-state index is 10.0. The van der Waals surface area contributed by atoms with Gasteiger partial charge in [-0.3, -0.25) is 0 Å². The normalized spacial score (nSPS) is 18.6. The van der Waals surface area contributed by atoms with Gasteiger partial charge in [0.05, 0.1) is 6.10 Å². The molecule has 1 nitrogen and oxygen atoms in total. The molecule has 0 heterocycles. The molecule has 1 saturated carbocycles. The molecule has 1 unspecified atom stereocenters. The van der Waals surface area contributed by atoms with Crippen molar-refractivity contribution in [2.75, 3.05) is 0 Å². The molecule has 82 valence electrons. The van der Waals surface area contributed by atoms with Crippen molar-refractivity contribution in [3.63, 3.8) is 0 Å². The predicted octanol–water partition coefficient (Wildman–Crippen LogP) is 3.01. The number of rotatable bonds is 3. The Hall–Kier alpha value is -0.820. The summed E-state index contributed by atoms with van der Waals surface area (Å²) in [5.41, 5.74) is 3.91. The van der Waals surface area contributed by atoms with Crippen LogP contribution in [0.1, 0.15) is 36.0 Å². The molecule has 1 fully saturated rings. The fraction of sp³-hybridized carbons (Fsp3) is 0.571. The van der Waals surface area contributed by atoms with Gasteiger partial charge in [0.1, 0.15) is 0 Å². The molecule has 0 aromatic heterocycles. The second-order valence-corrected chi connectivity index (χ2v) is 4.89. The highest BCUT2D eigenvalue weighted by atomic mass is 16.3. The van der Waals surface area contributed by atoms with Gasteiger partial charge in [0.2, 0.25) is 0 Å². The number of aliphatic hydroxyl groups is 1. The van der Waals surface area contributed by atoms with E-state index in [0.717, 1.165) is 6.42 Å². The summed E-state index contributed by atoms with van der Waals surface area (Å²) >= 11 is 0. The van der Waals surface area contributed by atoms with Crippen LogP contribution in [0.15, 0.2) is 18.2 Å². The van der Waals surface area contributed by atoms with Crippen LogP contribution in [0.4, 0.5) is 0 Å². The second kappa shape index (κ2) is 4.36. The number of hydrogen-bond acceptors (Lipinski definition) is 1. The van der Waals surface area contributed by atoms with Gasteiger partial charge in [-0.2, -0.15) is 0 Å². The first-order valence-corrected chi connectivity index (χ1v) is 5.91. The minimum Gasteiger partial charge on any atom is -0.392 e. The largest absolute Gasteiger partial charge is 0.392 e. The molecule has 0 amide bonds. The number of benzene rings is 1. The molecule has 1 aliphatic carbocycles. The molecule has 1 atom stereocenters. The van der Waals surface area contributed by atoms with Crippen molar-refractivity contribution < 1.29 is 5.11 Å². The van der Waals surface area contributed by atoms with Gasteiger partial charge >= 0.3 is 0 Å². The quantitative estimate of drug-likeness (QED) is 0.802. The van der Waals surface area contributed by atoms with Crippen molar-refractivity contribution in [2.45, 2.75) is 45.6 Å². The zero-order valence-electron chi connectivity index (χ0n) is 9.66. The van der Waals surface area contributed by atoms with E-state index in [1.165, 1.54) is 36.0 Å². The van der Waals surface area contributed by atoms with Gasteiger partial charge in [-0.1, -0.05) is 30.2 Å². The number of aryl methyl sites for hydroxylation is 2. The fourth-order valence-electron chi connectivity index (χ4n) is 2.24. The third-order valence-electron chi connectivity index (χ3n) is 3.63. The zero-order chi connectivity index (χ0) is 10.8. The van der Waals surface area contributed by atoms with E-state index in [1.807, 2.05) is 0 Å². The Bertz CT molecular complexity index is 339. The van der Waals surface area contributed by atoms with Crippen molar-refractivity contribution in [1.29, 1.82) is 0 Å². The van der Waals surface area contributed by atoms with Gasteiger partial charge in [-0.25, -0.2) is 0 Å². The maximum Gasteiger partial charge on any atom is 0.0608 e. The summed E-state index contributed by atoms with van der Waals surface area (Å²) in [6.45, 7) is 4.24. The highest BCUT2D eigenvalue weighted by molar-refractivity contribution is 5.31. The third-order valence-corrected chi connectivity index (χ3v) is 3.63. The third kappa shape index (κ3) is 2.40. The molecule has 1 aliphatic rings. The molecular weight excluding hydrogens is 184 g/mol. The Morgan fingerprint density at radius 2 is 2.07 bits per heavy atom. The molecule has 0 bridgehead atoms. The van der Waals surface area contributed by atoms with E-state index in [-0.39, 0.29) is 6.10 Å². The molecule has 15 heavy (non-hydrogen) atoms. The van der Waals surface area contributed by atoms with Crippen LogP contribution in [0.25, 0.3) is 0 Å². The van der Waals surface area contributed by atoms with E-state index >= 15 is 0 Å². The molecule has 1 aromatic carbocycles. The van der Waals surface area contributed by atoms with Crippen molar-refractivity contribution >= 4 is 0 Å². The van der Waals surface area contributed by atoms with Crippen LogP contribution in [0.5, 0.6) is 0 Å². The SMILES string of the molecule is Cc1ccc(C)c(CC(O)C2CCC2)c1.